The van der Waals surface area contributed by atoms with E-state index in [9.17, 15) is 9.90 Å². The molecule has 2 heterocycles. The predicted octanol–water partition coefficient (Wildman–Crippen LogP) is 0.808. The summed E-state index contributed by atoms with van der Waals surface area (Å²) in [6.07, 6.45) is 4.76. The first-order valence-electron chi connectivity index (χ1n) is 7.21. The van der Waals surface area contributed by atoms with Crippen molar-refractivity contribution in [3.05, 3.63) is 23.8 Å². The Morgan fingerprint density at radius 2 is 2.19 bits per heavy atom. The highest BCUT2D eigenvalue weighted by molar-refractivity contribution is 5.91. The van der Waals surface area contributed by atoms with E-state index in [-0.39, 0.29) is 17.8 Å². The first-order chi connectivity index (χ1) is 10.1. The lowest BCUT2D eigenvalue weighted by molar-refractivity contribution is 0.0261. The third-order valence-electron chi connectivity index (χ3n) is 4.13. The molecule has 0 saturated heterocycles. The van der Waals surface area contributed by atoms with Gasteiger partial charge in [-0.1, -0.05) is 12.8 Å². The Balaban J connectivity index is 1.87. The van der Waals surface area contributed by atoms with Gasteiger partial charge >= 0.3 is 0 Å². The molecule has 0 radical (unpaired) electrons. The molecule has 2 unspecified atom stereocenters. The Hall–Kier alpha value is -2.02. The summed E-state index contributed by atoms with van der Waals surface area (Å²) >= 11 is 0. The summed E-state index contributed by atoms with van der Waals surface area (Å²) in [4.78, 5) is 22.4. The number of aryl methyl sites for hydroxylation is 1. The van der Waals surface area contributed by atoms with Gasteiger partial charge < -0.3 is 10.0 Å². The third-order valence-corrected chi connectivity index (χ3v) is 4.13. The number of aliphatic hydroxyl groups excluding tert-OH is 1. The van der Waals surface area contributed by atoms with Crippen molar-refractivity contribution in [2.75, 3.05) is 7.05 Å². The molecule has 7 nitrogen and oxygen atoms in total. The number of nitrogens with zero attached hydrogens (tertiary/aromatic N) is 5. The van der Waals surface area contributed by atoms with Gasteiger partial charge in [-0.15, -0.1) is 5.10 Å². The molecule has 1 amide bonds. The van der Waals surface area contributed by atoms with Crippen LogP contribution in [0.1, 0.15) is 42.0 Å². The number of hydrogen-bond donors (Lipinski definition) is 1. The Morgan fingerprint density at radius 3 is 2.90 bits per heavy atom. The lowest BCUT2D eigenvalue weighted by Crippen LogP contribution is -2.46. The van der Waals surface area contributed by atoms with Crippen LogP contribution in [0, 0.1) is 6.92 Å². The Bertz CT molecular complexity index is 668. The molecule has 1 fully saturated rings. The topological polar surface area (TPSA) is 83.6 Å². The van der Waals surface area contributed by atoms with Crippen LogP contribution in [0.15, 0.2) is 12.3 Å². The van der Waals surface area contributed by atoms with Crippen molar-refractivity contribution in [2.24, 2.45) is 0 Å². The fourth-order valence-corrected chi connectivity index (χ4v) is 2.85. The lowest BCUT2D eigenvalue weighted by Gasteiger charge is -2.34. The average Bonchev–Trinajstić information content (AvgIpc) is 2.92. The molecule has 2 aromatic heterocycles. The highest BCUT2D eigenvalue weighted by Crippen LogP contribution is 2.23. The van der Waals surface area contributed by atoms with Crippen molar-refractivity contribution < 1.29 is 9.90 Å². The number of carbonyl (C=O) groups is 1. The van der Waals surface area contributed by atoms with E-state index < -0.39 is 6.10 Å². The fourth-order valence-electron chi connectivity index (χ4n) is 2.85. The first kappa shape index (κ1) is 13.9. The minimum absolute atomic E-state index is 0.122. The van der Waals surface area contributed by atoms with Crippen LogP contribution in [0.25, 0.3) is 5.78 Å². The maximum absolute atomic E-state index is 12.5. The van der Waals surface area contributed by atoms with Gasteiger partial charge in [-0.2, -0.15) is 4.98 Å². The van der Waals surface area contributed by atoms with E-state index in [1.54, 1.807) is 22.7 Å². The lowest BCUT2D eigenvalue weighted by atomic mass is 9.91. The fraction of sp³-hybridized carbons (Fsp3) is 0.571. The van der Waals surface area contributed by atoms with Gasteiger partial charge in [0, 0.05) is 18.9 Å². The molecule has 1 N–H and O–H groups in total. The van der Waals surface area contributed by atoms with Crippen LogP contribution in [-0.2, 0) is 0 Å². The summed E-state index contributed by atoms with van der Waals surface area (Å²) in [7, 11) is 1.70. The van der Waals surface area contributed by atoms with Crippen LogP contribution in [0.5, 0.6) is 0 Å². The van der Waals surface area contributed by atoms with E-state index in [0.29, 0.717) is 5.78 Å². The number of fused-ring (bicyclic) bond motifs is 1. The molecule has 0 aliphatic heterocycles. The Labute approximate surface area is 122 Å². The zero-order chi connectivity index (χ0) is 15.0. The zero-order valence-corrected chi connectivity index (χ0v) is 12.2. The second-order valence-corrected chi connectivity index (χ2v) is 5.57. The molecular weight excluding hydrogens is 270 g/mol. The van der Waals surface area contributed by atoms with E-state index in [4.69, 9.17) is 0 Å². The van der Waals surface area contributed by atoms with E-state index >= 15 is 0 Å². The molecular formula is C14H19N5O2. The monoisotopic (exact) mass is 289 g/mol. The highest BCUT2D eigenvalue weighted by Gasteiger charge is 2.31. The average molecular weight is 289 g/mol. The number of aromatic nitrogens is 4. The second kappa shape index (κ2) is 5.40. The van der Waals surface area contributed by atoms with Gasteiger partial charge in [0.1, 0.15) is 0 Å². The van der Waals surface area contributed by atoms with Crippen LogP contribution in [0.2, 0.25) is 0 Å². The van der Waals surface area contributed by atoms with E-state index in [0.717, 1.165) is 31.4 Å². The number of aliphatic hydroxyl groups is 1. The standard InChI is InChI=1S/C14H19N5O2/c1-9-7-8-15-14-16-12(17-19(9)14)13(21)18(2)10-5-3-4-6-11(10)20/h7-8,10-11,20H,3-6H2,1-2H3. The largest absolute Gasteiger partial charge is 0.391 e. The number of likely N-dealkylation sites (N-methyl/N-ethyl adjacent to an activating group) is 1. The molecule has 3 rings (SSSR count). The van der Waals surface area contributed by atoms with Gasteiger partial charge in [0.25, 0.3) is 11.7 Å². The molecule has 2 atom stereocenters. The molecule has 0 bridgehead atoms. The van der Waals surface area contributed by atoms with Crippen molar-refractivity contribution >= 4 is 11.7 Å². The molecule has 1 aliphatic carbocycles. The van der Waals surface area contributed by atoms with E-state index in [1.165, 1.54) is 0 Å². The smallest absolute Gasteiger partial charge is 0.293 e. The van der Waals surface area contributed by atoms with Gasteiger partial charge in [0.05, 0.1) is 12.1 Å². The van der Waals surface area contributed by atoms with Crippen molar-refractivity contribution in [1.82, 2.24) is 24.5 Å². The highest BCUT2D eigenvalue weighted by atomic mass is 16.3. The summed E-state index contributed by atoms with van der Waals surface area (Å²) in [6, 6.07) is 1.65. The Kier molecular flexibility index (Phi) is 3.59. The SMILES string of the molecule is Cc1ccnc2nc(C(=O)N(C)C3CCCCC3O)nn12. The quantitative estimate of drug-likeness (QED) is 0.884. The maximum Gasteiger partial charge on any atom is 0.293 e. The van der Waals surface area contributed by atoms with Gasteiger partial charge in [0.2, 0.25) is 5.82 Å². The van der Waals surface area contributed by atoms with Crippen molar-refractivity contribution in [3.8, 4) is 0 Å². The summed E-state index contributed by atoms with van der Waals surface area (Å²) in [5.41, 5.74) is 0.868. The number of amides is 1. The van der Waals surface area contributed by atoms with E-state index in [2.05, 4.69) is 15.1 Å². The molecule has 21 heavy (non-hydrogen) atoms. The molecule has 7 heteroatoms. The molecule has 2 aromatic rings. The number of hydrogen-bond acceptors (Lipinski definition) is 5. The minimum Gasteiger partial charge on any atom is -0.391 e. The summed E-state index contributed by atoms with van der Waals surface area (Å²) < 4.78 is 1.55. The summed E-state index contributed by atoms with van der Waals surface area (Å²) in [6.45, 7) is 1.88. The Morgan fingerprint density at radius 1 is 1.43 bits per heavy atom. The molecule has 0 spiro atoms. The van der Waals surface area contributed by atoms with Crippen LogP contribution in [-0.4, -0.2) is 54.7 Å². The minimum atomic E-state index is -0.468. The third kappa shape index (κ3) is 2.49. The maximum atomic E-state index is 12.5. The molecule has 112 valence electrons. The summed E-state index contributed by atoms with van der Waals surface area (Å²) in [5.74, 6) is 0.263. The molecule has 1 saturated carbocycles. The number of carbonyl (C=O) groups excluding carboxylic acids is 1. The first-order valence-corrected chi connectivity index (χ1v) is 7.21. The number of rotatable bonds is 2. The van der Waals surface area contributed by atoms with E-state index in [1.807, 2.05) is 13.0 Å². The van der Waals surface area contributed by atoms with Crippen molar-refractivity contribution in [3.63, 3.8) is 0 Å². The molecule has 0 aromatic carbocycles. The zero-order valence-electron chi connectivity index (χ0n) is 12.2. The normalized spacial score (nSPS) is 22.4. The molecule has 1 aliphatic rings. The van der Waals surface area contributed by atoms with Crippen LogP contribution < -0.4 is 0 Å². The van der Waals surface area contributed by atoms with Crippen LogP contribution in [0.4, 0.5) is 0 Å². The summed E-state index contributed by atoms with van der Waals surface area (Å²) in [5, 5.41) is 14.3. The second-order valence-electron chi connectivity index (χ2n) is 5.57. The van der Waals surface area contributed by atoms with Crippen LogP contribution in [0.3, 0.4) is 0 Å². The van der Waals surface area contributed by atoms with Gasteiger partial charge in [-0.3, -0.25) is 4.79 Å². The predicted molar refractivity (Wildman–Crippen MR) is 75.9 cm³/mol. The van der Waals surface area contributed by atoms with Crippen molar-refractivity contribution in [2.45, 2.75) is 44.8 Å². The van der Waals surface area contributed by atoms with Crippen LogP contribution >= 0.6 is 0 Å². The van der Waals surface area contributed by atoms with Gasteiger partial charge in [0.15, 0.2) is 0 Å². The van der Waals surface area contributed by atoms with Crippen molar-refractivity contribution in [1.29, 1.82) is 0 Å². The van der Waals surface area contributed by atoms with Gasteiger partial charge in [-0.05, 0) is 25.8 Å². The van der Waals surface area contributed by atoms with Gasteiger partial charge in [-0.25, -0.2) is 9.50 Å².